The van der Waals surface area contributed by atoms with Crippen molar-refractivity contribution in [2.45, 2.75) is 64.5 Å². The third kappa shape index (κ3) is 5.36. The Bertz CT molecular complexity index is 833. The summed E-state index contributed by atoms with van der Waals surface area (Å²) >= 11 is 0. The van der Waals surface area contributed by atoms with Gasteiger partial charge >= 0.3 is 0 Å². The van der Waals surface area contributed by atoms with E-state index >= 15 is 0 Å². The highest BCUT2D eigenvalue weighted by molar-refractivity contribution is 5.86. The number of nitrogens with zero attached hydrogens (tertiary/aromatic N) is 1. The molecule has 2 heterocycles. The predicted molar refractivity (Wildman–Crippen MR) is 111 cm³/mol. The number of amides is 2. The number of aromatic nitrogens is 1. The van der Waals surface area contributed by atoms with Crippen molar-refractivity contribution in [2.75, 3.05) is 13.2 Å². The van der Waals surface area contributed by atoms with Crippen molar-refractivity contribution in [2.24, 2.45) is 0 Å². The van der Waals surface area contributed by atoms with E-state index in [0.29, 0.717) is 32.4 Å². The van der Waals surface area contributed by atoms with E-state index in [-0.39, 0.29) is 24.5 Å². The number of fused-ring (bicyclic) bond motifs is 3. The van der Waals surface area contributed by atoms with Crippen LogP contribution in [0.4, 0.5) is 0 Å². The van der Waals surface area contributed by atoms with Crippen LogP contribution in [0.5, 0.6) is 0 Å². The molecule has 0 fully saturated rings. The van der Waals surface area contributed by atoms with Gasteiger partial charge in [0.05, 0.1) is 25.8 Å². The smallest absolute Gasteiger partial charge is 0.243 e. The molecular weight excluding hydrogens is 370 g/mol. The van der Waals surface area contributed by atoms with Crippen molar-refractivity contribution in [3.8, 4) is 0 Å². The van der Waals surface area contributed by atoms with Gasteiger partial charge in [0.2, 0.25) is 11.8 Å². The van der Waals surface area contributed by atoms with Crippen LogP contribution in [0.15, 0.2) is 24.3 Å². The number of carbonyl (C=O) groups excluding carboxylic acids is 2. The first-order valence-electron chi connectivity index (χ1n) is 10.5. The van der Waals surface area contributed by atoms with E-state index in [9.17, 15) is 14.7 Å². The summed E-state index contributed by atoms with van der Waals surface area (Å²) in [5.41, 5.74) is 5.76. The minimum absolute atomic E-state index is 0.0281. The molecule has 0 aliphatic carbocycles. The lowest BCUT2D eigenvalue weighted by molar-refractivity contribution is -0.136. The van der Waals surface area contributed by atoms with Gasteiger partial charge in [-0.25, -0.2) is 5.48 Å². The molecule has 0 spiro atoms. The second kappa shape index (κ2) is 10.4. The summed E-state index contributed by atoms with van der Waals surface area (Å²) in [7, 11) is 0. The Kier molecular flexibility index (Phi) is 7.66. The number of para-hydroxylation sites is 1. The van der Waals surface area contributed by atoms with Crippen molar-refractivity contribution in [1.82, 2.24) is 15.4 Å². The number of carbonyl (C=O) groups is 2. The van der Waals surface area contributed by atoms with Gasteiger partial charge < -0.3 is 15.0 Å². The van der Waals surface area contributed by atoms with E-state index in [1.54, 1.807) is 0 Å². The number of benzene rings is 1. The van der Waals surface area contributed by atoms with E-state index in [2.05, 4.69) is 16.5 Å². The Balaban J connectivity index is 1.46. The molecule has 2 amide bonds. The zero-order valence-electron chi connectivity index (χ0n) is 17.1. The fraction of sp³-hybridized carbons (Fsp3) is 0.545. The average molecular weight is 402 g/mol. The topological polar surface area (TPSA) is 94.7 Å². The van der Waals surface area contributed by atoms with Gasteiger partial charge in [-0.3, -0.25) is 14.4 Å². The summed E-state index contributed by atoms with van der Waals surface area (Å²) in [6.07, 6.45) is 4.98. The second-order valence-corrected chi connectivity index (χ2v) is 7.56. The molecule has 7 heteroatoms. The van der Waals surface area contributed by atoms with Crippen molar-refractivity contribution < 1.29 is 19.5 Å². The number of hydroxylamine groups is 1. The molecule has 3 N–H and O–H groups in total. The number of aliphatic hydroxyl groups excluding tert-OH is 1. The van der Waals surface area contributed by atoms with Gasteiger partial charge in [-0.2, -0.15) is 0 Å². The highest BCUT2D eigenvalue weighted by Crippen LogP contribution is 2.30. The van der Waals surface area contributed by atoms with Gasteiger partial charge in [0.25, 0.3) is 0 Å². The van der Waals surface area contributed by atoms with Crippen molar-refractivity contribution in [1.29, 1.82) is 0 Å². The first-order valence-corrected chi connectivity index (χ1v) is 10.5. The molecule has 0 unspecified atom stereocenters. The summed E-state index contributed by atoms with van der Waals surface area (Å²) in [6.45, 7) is 2.77. The molecule has 0 saturated heterocycles. The fourth-order valence-corrected chi connectivity index (χ4v) is 3.99. The molecule has 0 saturated carbocycles. The normalized spacial score (nSPS) is 16.1. The molecular formula is C22H31N3O4. The Labute approximate surface area is 171 Å². The fourth-order valence-electron chi connectivity index (χ4n) is 3.99. The molecule has 1 aliphatic heterocycles. The largest absolute Gasteiger partial charge is 0.394 e. The number of H-pyrrole nitrogens is 1. The average Bonchev–Trinajstić information content (AvgIpc) is 3.11. The van der Waals surface area contributed by atoms with E-state index in [0.717, 1.165) is 36.9 Å². The van der Waals surface area contributed by atoms with Crippen molar-refractivity contribution in [3.63, 3.8) is 0 Å². The van der Waals surface area contributed by atoms with Gasteiger partial charge in [-0.15, -0.1) is 0 Å². The lowest BCUT2D eigenvalue weighted by Gasteiger charge is -2.35. The van der Waals surface area contributed by atoms with Gasteiger partial charge in [-0.05, 0) is 37.8 Å². The molecule has 158 valence electrons. The quantitative estimate of drug-likeness (QED) is 0.421. The van der Waals surface area contributed by atoms with Crippen molar-refractivity contribution in [3.05, 3.63) is 35.5 Å². The van der Waals surface area contributed by atoms with E-state index < -0.39 is 0 Å². The summed E-state index contributed by atoms with van der Waals surface area (Å²) in [5.74, 6) is -0.0152. The second-order valence-electron chi connectivity index (χ2n) is 7.56. The molecule has 7 nitrogen and oxygen atoms in total. The molecule has 29 heavy (non-hydrogen) atoms. The number of hydrogen-bond donors (Lipinski definition) is 3. The predicted octanol–water partition coefficient (Wildman–Crippen LogP) is 2.82. The Morgan fingerprint density at radius 1 is 1.21 bits per heavy atom. The third-order valence-corrected chi connectivity index (χ3v) is 5.52. The van der Waals surface area contributed by atoms with Crippen LogP contribution in [0.2, 0.25) is 0 Å². The van der Waals surface area contributed by atoms with Crippen LogP contribution < -0.4 is 5.48 Å². The molecule has 0 radical (unpaired) electrons. The summed E-state index contributed by atoms with van der Waals surface area (Å²) in [5, 5.41) is 11.0. The van der Waals surface area contributed by atoms with Crippen LogP contribution in [0.3, 0.4) is 0 Å². The van der Waals surface area contributed by atoms with Crippen LogP contribution in [0.1, 0.15) is 56.7 Å². The number of rotatable bonds is 10. The maximum absolute atomic E-state index is 12.8. The minimum atomic E-state index is -0.170. The zero-order valence-corrected chi connectivity index (χ0v) is 17.1. The monoisotopic (exact) mass is 401 g/mol. The molecule has 0 bridgehead atoms. The van der Waals surface area contributed by atoms with Gasteiger partial charge in [0, 0.05) is 29.4 Å². The Morgan fingerprint density at radius 2 is 1.97 bits per heavy atom. The molecule has 1 aromatic carbocycles. The molecule has 1 aromatic heterocycles. The Hall–Kier alpha value is -2.38. The molecule has 3 rings (SSSR count). The zero-order chi connectivity index (χ0) is 20.6. The summed E-state index contributed by atoms with van der Waals surface area (Å²) in [6, 6.07) is 7.98. The van der Waals surface area contributed by atoms with Gasteiger partial charge in [-0.1, -0.05) is 31.0 Å². The van der Waals surface area contributed by atoms with Crippen molar-refractivity contribution >= 4 is 22.7 Å². The van der Waals surface area contributed by atoms with Crippen LogP contribution in [-0.4, -0.2) is 46.1 Å². The highest BCUT2D eigenvalue weighted by atomic mass is 16.6. The van der Waals surface area contributed by atoms with Crippen LogP contribution >= 0.6 is 0 Å². The lowest BCUT2D eigenvalue weighted by atomic mass is 9.96. The van der Waals surface area contributed by atoms with E-state index in [1.165, 1.54) is 10.9 Å². The van der Waals surface area contributed by atoms with Crippen LogP contribution in [0, 0.1) is 0 Å². The summed E-state index contributed by atoms with van der Waals surface area (Å²) in [4.78, 5) is 34.3. The number of nitrogens with one attached hydrogen (secondary N) is 2. The number of unbranched alkanes of at least 4 members (excludes halogenated alkanes) is 3. The van der Waals surface area contributed by atoms with E-state index in [4.69, 9.17) is 4.84 Å². The summed E-state index contributed by atoms with van der Waals surface area (Å²) < 4.78 is 0. The maximum Gasteiger partial charge on any atom is 0.243 e. The molecule has 2 aromatic rings. The minimum Gasteiger partial charge on any atom is -0.394 e. The first kappa shape index (κ1) is 21.3. The Morgan fingerprint density at radius 3 is 2.72 bits per heavy atom. The molecule has 1 aliphatic rings. The number of aliphatic hydroxyl groups is 1. The van der Waals surface area contributed by atoms with Crippen LogP contribution in [-0.2, 0) is 27.4 Å². The molecule has 1 atom stereocenters. The number of hydrogen-bond acceptors (Lipinski definition) is 4. The highest BCUT2D eigenvalue weighted by Gasteiger charge is 2.31. The standard InChI is InChI=1S/C22H31N3O4/c1-2-29-24-21(27)11-5-3-4-6-12-22(28)25-14-20-18(13-16(25)15-26)17-9-7-8-10-19(17)23-20/h7-10,16,23,26H,2-6,11-15H2,1H3,(H,24,27)/t16-/m0/s1. The van der Waals surface area contributed by atoms with Gasteiger partial charge in [0.15, 0.2) is 0 Å². The van der Waals surface area contributed by atoms with E-state index in [1.807, 2.05) is 30.0 Å². The van der Waals surface area contributed by atoms with Crippen LogP contribution in [0.25, 0.3) is 10.9 Å². The SMILES string of the molecule is CCONC(=O)CCCCCCC(=O)N1Cc2[nH]c3ccccc3c2C[C@H]1CO. The van der Waals surface area contributed by atoms with Gasteiger partial charge in [0.1, 0.15) is 0 Å². The first-order chi connectivity index (χ1) is 14.1. The maximum atomic E-state index is 12.8. The number of aromatic amines is 1. The third-order valence-electron chi connectivity index (χ3n) is 5.52. The lowest BCUT2D eigenvalue weighted by Crippen LogP contribution is -2.46.